The van der Waals surface area contributed by atoms with Crippen LogP contribution in [0.25, 0.3) is 5.69 Å². The van der Waals surface area contributed by atoms with Gasteiger partial charge in [0, 0.05) is 18.1 Å². The monoisotopic (exact) mass is 462 g/mol. The number of rotatable bonds is 5. The largest absolute Gasteiger partial charge is 0.444 e. The normalized spacial score (nSPS) is 11.5. The van der Waals surface area contributed by atoms with Crippen molar-refractivity contribution < 1.29 is 13.9 Å². The number of hydrogen-bond donors (Lipinski definition) is 0. The fourth-order valence-electron chi connectivity index (χ4n) is 2.71. The highest BCUT2D eigenvalue weighted by molar-refractivity contribution is 7.99. The minimum atomic E-state index is -0.599. The van der Waals surface area contributed by atoms with Gasteiger partial charge in [0.2, 0.25) is 0 Å². The summed E-state index contributed by atoms with van der Waals surface area (Å²) in [7, 11) is 1.64. The van der Waals surface area contributed by atoms with Gasteiger partial charge in [0.05, 0.1) is 12.2 Å². The average molecular weight is 463 g/mol. The summed E-state index contributed by atoms with van der Waals surface area (Å²) in [5.41, 5.74) is 1.23. The number of aromatic nitrogens is 3. The van der Waals surface area contributed by atoms with E-state index < -0.39 is 17.5 Å². The van der Waals surface area contributed by atoms with Crippen LogP contribution in [0.15, 0.2) is 52.5 Å². The maximum Gasteiger partial charge on any atom is 0.410 e. The molecule has 0 fully saturated rings. The lowest BCUT2D eigenvalue weighted by atomic mass is 10.2. The van der Waals surface area contributed by atoms with Gasteiger partial charge in [-0.3, -0.25) is 0 Å². The third kappa shape index (κ3) is 6.21. The van der Waals surface area contributed by atoms with Crippen LogP contribution in [-0.2, 0) is 11.3 Å². The van der Waals surface area contributed by atoms with Crippen LogP contribution in [0.3, 0.4) is 0 Å². The van der Waals surface area contributed by atoms with Gasteiger partial charge >= 0.3 is 6.09 Å². The molecule has 6 nitrogen and oxygen atoms in total. The van der Waals surface area contributed by atoms with Crippen molar-refractivity contribution in [1.29, 1.82) is 0 Å². The number of halogens is 2. The lowest BCUT2D eigenvalue weighted by Gasteiger charge is -2.24. The van der Waals surface area contributed by atoms with E-state index in [1.54, 1.807) is 36.1 Å². The number of carbonyl (C=O) groups is 1. The van der Waals surface area contributed by atoms with E-state index in [0.29, 0.717) is 21.6 Å². The Hall–Kier alpha value is -2.58. The second-order valence-electron chi connectivity index (χ2n) is 8.10. The maximum atomic E-state index is 14.6. The zero-order chi connectivity index (χ0) is 22.8. The molecule has 9 heteroatoms. The number of pyridine rings is 1. The third-order valence-electron chi connectivity index (χ3n) is 4.08. The molecule has 164 valence electrons. The van der Waals surface area contributed by atoms with Gasteiger partial charge in [0.1, 0.15) is 27.3 Å². The maximum absolute atomic E-state index is 14.6. The Morgan fingerprint density at radius 1 is 1.26 bits per heavy atom. The predicted molar refractivity (Wildman–Crippen MR) is 119 cm³/mol. The SMILES string of the molecule is Cc1ccc(F)c(-n2nc(CN(C)C(=O)OC(C)(C)C)cc2Sc2ccc(Cl)nc2)c1. The fourth-order valence-corrected chi connectivity index (χ4v) is 3.72. The molecule has 0 spiro atoms. The fraction of sp³-hybridized carbons (Fsp3) is 0.318. The van der Waals surface area contributed by atoms with E-state index in [1.165, 1.54) is 22.7 Å². The summed E-state index contributed by atoms with van der Waals surface area (Å²) >= 11 is 7.26. The van der Waals surface area contributed by atoms with Gasteiger partial charge in [-0.15, -0.1) is 0 Å². The van der Waals surface area contributed by atoms with Crippen LogP contribution >= 0.6 is 23.4 Å². The molecule has 0 bridgehead atoms. The highest BCUT2D eigenvalue weighted by atomic mass is 35.5. The summed E-state index contributed by atoms with van der Waals surface area (Å²) in [6.45, 7) is 7.52. The van der Waals surface area contributed by atoms with Gasteiger partial charge in [-0.05, 0) is 63.6 Å². The third-order valence-corrected chi connectivity index (χ3v) is 5.28. The van der Waals surface area contributed by atoms with Crippen molar-refractivity contribution in [3.05, 3.63) is 64.8 Å². The van der Waals surface area contributed by atoms with Crippen LogP contribution in [0.2, 0.25) is 5.15 Å². The van der Waals surface area contributed by atoms with Crippen molar-refractivity contribution in [3.63, 3.8) is 0 Å². The van der Waals surface area contributed by atoms with Crippen molar-refractivity contribution in [3.8, 4) is 5.69 Å². The summed E-state index contributed by atoms with van der Waals surface area (Å²) in [6.07, 6.45) is 1.18. The number of amides is 1. The first-order valence-electron chi connectivity index (χ1n) is 9.61. The molecule has 0 saturated heterocycles. The van der Waals surface area contributed by atoms with E-state index in [0.717, 1.165) is 10.5 Å². The first-order chi connectivity index (χ1) is 14.5. The highest BCUT2D eigenvalue weighted by Crippen LogP contribution is 2.31. The lowest BCUT2D eigenvalue weighted by molar-refractivity contribution is 0.0283. The molecular formula is C22H24ClFN4O2S. The number of ether oxygens (including phenoxy) is 1. The molecule has 0 aliphatic heterocycles. The van der Waals surface area contributed by atoms with Gasteiger partial charge in [0.15, 0.2) is 0 Å². The smallest absolute Gasteiger partial charge is 0.410 e. The van der Waals surface area contributed by atoms with Gasteiger partial charge in [-0.1, -0.05) is 29.4 Å². The Balaban J connectivity index is 1.94. The zero-order valence-corrected chi connectivity index (χ0v) is 19.6. The molecule has 0 aliphatic rings. The van der Waals surface area contributed by atoms with Gasteiger partial charge in [-0.25, -0.2) is 18.9 Å². The molecule has 0 radical (unpaired) electrons. The number of hydrogen-bond acceptors (Lipinski definition) is 5. The molecule has 1 amide bonds. The molecule has 0 N–H and O–H groups in total. The molecule has 1 aromatic carbocycles. The van der Waals surface area contributed by atoms with Crippen molar-refractivity contribution in [2.45, 2.75) is 49.8 Å². The standard InChI is InChI=1S/C22H24ClFN4O2S/c1-14-6-8-17(24)18(10-14)28-20(31-16-7-9-19(23)25-12-16)11-15(26-28)13-27(5)21(29)30-22(2,3)4/h6-12H,13H2,1-5H3. The minimum Gasteiger partial charge on any atom is -0.444 e. The summed E-state index contributed by atoms with van der Waals surface area (Å²) in [4.78, 5) is 18.7. The molecule has 0 aliphatic carbocycles. The minimum absolute atomic E-state index is 0.210. The molecule has 0 atom stereocenters. The van der Waals surface area contributed by atoms with Crippen molar-refractivity contribution in [1.82, 2.24) is 19.7 Å². The van der Waals surface area contributed by atoms with Gasteiger partial charge in [0.25, 0.3) is 0 Å². The Labute approximate surface area is 190 Å². The number of benzene rings is 1. The Kier molecular flexibility index (Phi) is 6.91. The molecule has 0 saturated carbocycles. The van der Waals surface area contributed by atoms with Crippen LogP contribution in [0.1, 0.15) is 32.0 Å². The second-order valence-corrected chi connectivity index (χ2v) is 9.58. The van der Waals surface area contributed by atoms with E-state index in [2.05, 4.69) is 10.1 Å². The molecule has 2 heterocycles. The van der Waals surface area contributed by atoms with Crippen LogP contribution in [0.4, 0.5) is 9.18 Å². The Bertz CT molecular complexity index is 1080. The van der Waals surface area contributed by atoms with E-state index in [-0.39, 0.29) is 6.54 Å². The number of aryl methyl sites for hydroxylation is 1. The van der Waals surface area contributed by atoms with Gasteiger partial charge in [-0.2, -0.15) is 5.10 Å². The Morgan fingerprint density at radius 2 is 2.00 bits per heavy atom. The van der Waals surface area contributed by atoms with Crippen LogP contribution < -0.4 is 0 Å². The highest BCUT2D eigenvalue weighted by Gasteiger charge is 2.22. The van der Waals surface area contributed by atoms with Crippen molar-refractivity contribution >= 4 is 29.5 Å². The topological polar surface area (TPSA) is 60.2 Å². The summed E-state index contributed by atoms with van der Waals surface area (Å²) in [6, 6.07) is 10.2. The number of carbonyl (C=O) groups excluding carboxylic acids is 1. The van der Waals surface area contributed by atoms with E-state index >= 15 is 0 Å². The van der Waals surface area contributed by atoms with E-state index in [4.69, 9.17) is 16.3 Å². The lowest BCUT2D eigenvalue weighted by Crippen LogP contribution is -2.33. The van der Waals surface area contributed by atoms with Crippen LogP contribution in [0, 0.1) is 12.7 Å². The van der Waals surface area contributed by atoms with Crippen LogP contribution in [-0.4, -0.2) is 38.4 Å². The molecule has 31 heavy (non-hydrogen) atoms. The first kappa shape index (κ1) is 23.1. The number of nitrogens with zero attached hydrogens (tertiary/aromatic N) is 4. The average Bonchev–Trinajstić information content (AvgIpc) is 3.06. The molecule has 3 aromatic rings. The van der Waals surface area contributed by atoms with Crippen molar-refractivity contribution in [2.75, 3.05) is 7.05 Å². The first-order valence-corrected chi connectivity index (χ1v) is 10.8. The van der Waals surface area contributed by atoms with E-state index in [1.807, 2.05) is 39.8 Å². The van der Waals surface area contributed by atoms with E-state index in [9.17, 15) is 9.18 Å². The predicted octanol–water partition coefficient (Wildman–Crippen LogP) is 5.89. The van der Waals surface area contributed by atoms with Crippen LogP contribution in [0.5, 0.6) is 0 Å². The zero-order valence-electron chi connectivity index (χ0n) is 18.0. The molecular weight excluding hydrogens is 439 g/mol. The van der Waals surface area contributed by atoms with Crippen molar-refractivity contribution in [2.24, 2.45) is 0 Å². The molecule has 0 unspecified atom stereocenters. The summed E-state index contributed by atoms with van der Waals surface area (Å²) in [5.74, 6) is -0.392. The quantitative estimate of drug-likeness (QED) is 0.442. The second kappa shape index (κ2) is 9.28. The van der Waals surface area contributed by atoms with Gasteiger partial charge < -0.3 is 9.64 Å². The Morgan fingerprint density at radius 3 is 2.65 bits per heavy atom. The molecule has 2 aromatic heterocycles. The summed E-state index contributed by atoms with van der Waals surface area (Å²) in [5, 5.41) is 5.65. The molecule has 3 rings (SSSR count). The summed E-state index contributed by atoms with van der Waals surface area (Å²) < 4.78 is 21.6.